The van der Waals surface area contributed by atoms with Crippen LogP contribution in [0.5, 0.6) is 5.75 Å². The van der Waals surface area contributed by atoms with Crippen LogP contribution in [0.15, 0.2) is 55.0 Å². The van der Waals surface area contributed by atoms with Crippen LogP contribution < -0.4 is 20.7 Å². The van der Waals surface area contributed by atoms with Gasteiger partial charge in [0, 0.05) is 61.6 Å². The average molecular weight is 560 g/mol. The quantitative estimate of drug-likeness (QED) is 0.290. The zero-order valence-electron chi connectivity index (χ0n) is 23.0. The average Bonchev–Trinajstić information content (AvgIpc) is 3.72. The van der Waals surface area contributed by atoms with Gasteiger partial charge in [0.2, 0.25) is 5.95 Å². The second-order valence-corrected chi connectivity index (χ2v) is 11.3. The number of nitrogens with zero attached hydrogens (tertiary/aromatic N) is 5. The molecule has 0 spiro atoms. The molecule has 1 aromatic carbocycles. The second kappa shape index (κ2) is 11.6. The van der Waals surface area contributed by atoms with E-state index >= 15 is 0 Å². The highest BCUT2D eigenvalue weighted by molar-refractivity contribution is 5.82. The predicted molar refractivity (Wildman–Crippen MR) is 155 cm³/mol. The van der Waals surface area contributed by atoms with Gasteiger partial charge in [-0.1, -0.05) is 6.07 Å². The number of nitrogens with two attached hydrogens (primary N) is 1. The van der Waals surface area contributed by atoms with Crippen LogP contribution in [0.1, 0.15) is 38.5 Å². The lowest BCUT2D eigenvalue weighted by molar-refractivity contribution is -0.146. The predicted octanol–water partition coefficient (Wildman–Crippen LogP) is 3.03. The number of carbonyl (C=O) groups is 1. The van der Waals surface area contributed by atoms with Crippen molar-refractivity contribution in [3.63, 3.8) is 0 Å². The van der Waals surface area contributed by atoms with Gasteiger partial charge in [-0.3, -0.25) is 9.69 Å². The van der Waals surface area contributed by atoms with E-state index in [0.717, 1.165) is 67.8 Å². The van der Waals surface area contributed by atoms with E-state index in [9.17, 15) is 15.0 Å². The van der Waals surface area contributed by atoms with Crippen molar-refractivity contribution in [1.29, 1.82) is 0 Å². The number of aliphatic hydroxyl groups is 1. The minimum atomic E-state index is -0.697. The summed E-state index contributed by atoms with van der Waals surface area (Å²) in [6.07, 6.45) is 9.59. The Morgan fingerprint density at radius 3 is 2.59 bits per heavy atom. The number of carboxylic acid groups (broad SMARTS) is 1. The molecule has 0 bridgehead atoms. The highest BCUT2D eigenvalue weighted by atomic mass is 16.5. The van der Waals surface area contributed by atoms with Crippen molar-refractivity contribution in [2.75, 3.05) is 36.4 Å². The molecule has 3 aromatic rings. The summed E-state index contributed by atoms with van der Waals surface area (Å²) in [5, 5.41) is 23.1. The number of rotatable bonds is 10. The monoisotopic (exact) mass is 559 g/mol. The number of likely N-dealkylation sites (tertiary alicyclic amines) is 1. The minimum Gasteiger partial charge on any atom is -0.490 e. The number of hydrogen-bond acceptors (Lipinski definition) is 10. The third-order valence-corrected chi connectivity index (χ3v) is 8.46. The van der Waals surface area contributed by atoms with Crippen LogP contribution in [0.3, 0.4) is 0 Å². The highest BCUT2D eigenvalue weighted by Gasteiger charge is 2.55. The molecule has 2 aliphatic heterocycles. The molecule has 2 unspecified atom stereocenters. The molecule has 216 valence electrons. The SMILES string of the molecule is NCCC1CC(O)CN1c1ncc(-c2ccnc(Nc3cccc(OC4CCN(C5(C(=O)O)CC5)CC4)c3)c2)cn1. The Morgan fingerprint density at radius 2 is 1.88 bits per heavy atom. The van der Waals surface area contributed by atoms with Gasteiger partial charge in [0.05, 0.1) is 6.10 Å². The highest BCUT2D eigenvalue weighted by Crippen LogP contribution is 2.43. The summed E-state index contributed by atoms with van der Waals surface area (Å²) in [5.74, 6) is 1.36. The van der Waals surface area contributed by atoms with Gasteiger partial charge in [0.25, 0.3) is 0 Å². The van der Waals surface area contributed by atoms with E-state index < -0.39 is 11.5 Å². The summed E-state index contributed by atoms with van der Waals surface area (Å²) in [5.41, 5.74) is 7.79. The lowest BCUT2D eigenvalue weighted by Gasteiger charge is -2.36. The number of aliphatic carboxylic acids is 1. The Morgan fingerprint density at radius 1 is 1.10 bits per heavy atom. The van der Waals surface area contributed by atoms with E-state index in [4.69, 9.17) is 10.5 Å². The fourth-order valence-corrected chi connectivity index (χ4v) is 6.07. The van der Waals surface area contributed by atoms with E-state index in [1.54, 1.807) is 18.6 Å². The summed E-state index contributed by atoms with van der Waals surface area (Å²) in [6.45, 7) is 2.55. The van der Waals surface area contributed by atoms with Crippen molar-refractivity contribution >= 4 is 23.4 Å². The van der Waals surface area contributed by atoms with Crippen LogP contribution in [-0.2, 0) is 4.79 Å². The molecule has 3 aliphatic rings. The van der Waals surface area contributed by atoms with E-state index in [-0.39, 0.29) is 18.2 Å². The van der Waals surface area contributed by atoms with Gasteiger partial charge >= 0.3 is 5.97 Å². The van der Waals surface area contributed by atoms with Crippen molar-refractivity contribution in [1.82, 2.24) is 19.9 Å². The fraction of sp³-hybridized carbons (Fsp3) is 0.467. The molecule has 5 N–H and O–H groups in total. The van der Waals surface area contributed by atoms with Crippen molar-refractivity contribution in [3.8, 4) is 16.9 Å². The van der Waals surface area contributed by atoms with Gasteiger partial charge < -0.3 is 30.9 Å². The number of piperidine rings is 1. The number of hydrogen-bond donors (Lipinski definition) is 4. The Labute approximate surface area is 239 Å². The third-order valence-electron chi connectivity index (χ3n) is 8.46. The van der Waals surface area contributed by atoms with Crippen molar-refractivity contribution in [3.05, 3.63) is 55.0 Å². The molecule has 1 saturated carbocycles. The smallest absolute Gasteiger partial charge is 0.324 e. The van der Waals surface area contributed by atoms with Gasteiger partial charge in [0.1, 0.15) is 23.2 Å². The topological polar surface area (TPSA) is 150 Å². The largest absolute Gasteiger partial charge is 0.490 e. The lowest BCUT2D eigenvalue weighted by atomic mass is 10.0. The number of benzene rings is 1. The molecule has 11 nitrogen and oxygen atoms in total. The van der Waals surface area contributed by atoms with Crippen LogP contribution in [-0.4, -0.2) is 86.0 Å². The molecule has 6 rings (SSSR count). The first-order chi connectivity index (χ1) is 19.9. The molecule has 2 aromatic heterocycles. The van der Waals surface area contributed by atoms with E-state index in [1.807, 2.05) is 41.3 Å². The van der Waals surface area contributed by atoms with Crippen LogP contribution in [0, 0.1) is 0 Å². The van der Waals surface area contributed by atoms with Crippen LogP contribution in [0.4, 0.5) is 17.5 Å². The number of ether oxygens (including phenoxy) is 1. The maximum Gasteiger partial charge on any atom is 0.324 e. The number of aromatic nitrogens is 3. The molecule has 0 radical (unpaired) electrons. The summed E-state index contributed by atoms with van der Waals surface area (Å²) in [6, 6.07) is 11.8. The second-order valence-electron chi connectivity index (χ2n) is 11.3. The minimum absolute atomic E-state index is 0.0601. The summed E-state index contributed by atoms with van der Waals surface area (Å²) in [7, 11) is 0. The maximum absolute atomic E-state index is 11.6. The number of nitrogens with one attached hydrogen (secondary N) is 1. The zero-order chi connectivity index (χ0) is 28.4. The molecule has 2 saturated heterocycles. The van der Waals surface area contributed by atoms with Crippen molar-refractivity contribution in [2.24, 2.45) is 5.73 Å². The molecule has 4 heterocycles. The summed E-state index contributed by atoms with van der Waals surface area (Å²) < 4.78 is 6.27. The van der Waals surface area contributed by atoms with Gasteiger partial charge in [-0.2, -0.15) is 0 Å². The Kier molecular flexibility index (Phi) is 7.74. The first kappa shape index (κ1) is 27.4. The van der Waals surface area contributed by atoms with Crippen molar-refractivity contribution in [2.45, 2.75) is 62.3 Å². The zero-order valence-corrected chi connectivity index (χ0v) is 23.0. The maximum atomic E-state index is 11.6. The standard InChI is InChI=1S/C30H37N7O4/c31-10-4-23-16-24(38)19-37(23)29-33-17-21(18-34-29)20-5-11-32-27(14-20)35-22-2-1-3-26(15-22)41-25-6-12-36(13-7-25)30(8-9-30)28(39)40/h1-3,5,11,14-15,17-18,23-25,38H,4,6-10,12-13,16,19,31H2,(H,32,35)(H,39,40). The van der Waals surface area contributed by atoms with Gasteiger partial charge in [-0.05, 0) is 74.9 Å². The molecule has 41 heavy (non-hydrogen) atoms. The van der Waals surface area contributed by atoms with Gasteiger partial charge in [0.15, 0.2) is 0 Å². The third kappa shape index (κ3) is 5.97. The van der Waals surface area contributed by atoms with Crippen LogP contribution >= 0.6 is 0 Å². The normalized spacial score (nSPS) is 22.4. The molecule has 11 heteroatoms. The fourth-order valence-electron chi connectivity index (χ4n) is 6.07. The van der Waals surface area contributed by atoms with Crippen LogP contribution in [0.25, 0.3) is 11.1 Å². The molecule has 2 atom stereocenters. The van der Waals surface area contributed by atoms with E-state index in [0.29, 0.717) is 31.3 Å². The van der Waals surface area contributed by atoms with Crippen LogP contribution in [0.2, 0.25) is 0 Å². The molecule has 3 fully saturated rings. The first-order valence-electron chi connectivity index (χ1n) is 14.4. The number of aliphatic hydroxyl groups excluding tert-OH is 1. The molecular weight excluding hydrogens is 522 g/mol. The molecular formula is C30H37N7O4. The van der Waals surface area contributed by atoms with E-state index in [2.05, 4.69) is 25.2 Å². The molecule has 1 aliphatic carbocycles. The number of carboxylic acids is 1. The lowest BCUT2D eigenvalue weighted by Crippen LogP contribution is -2.49. The van der Waals surface area contributed by atoms with E-state index in [1.165, 1.54) is 0 Å². The number of β-amino-alcohol motifs (C(OH)–C–C–N with tert-alkyl or cyclic N) is 1. The van der Waals surface area contributed by atoms with Crippen molar-refractivity contribution < 1.29 is 19.7 Å². The van der Waals surface area contributed by atoms with Gasteiger partial charge in [-0.25, -0.2) is 15.0 Å². The Hall–Kier alpha value is -3.80. The number of anilines is 3. The summed E-state index contributed by atoms with van der Waals surface area (Å²) >= 11 is 0. The number of pyridine rings is 1. The molecule has 0 amide bonds. The van der Waals surface area contributed by atoms with Gasteiger partial charge in [-0.15, -0.1) is 0 Å². The Bertz CT molecular complexity index is 1360. The summed E-state index contributed by atoms with van der Waals surface area (Å²) in [4.78, 5) is 29.5. The first-order valence-corrected chi connectivity index (χ1v) is 14.4. The Balaban J connectivity index is 1.07.